The fourth-order valence-electron chi connectivity index (χ4n) is 2.40. The summed E-state index contributed by atoms with van der Waals surface area (Å²) in [5.74, 6) is -0.0828. The van der Waals surface area contributed by atoms with Crippen molar-refractivity contribution >= 4 is 40.4 Å². The van der Waals surface area contributed by atoms with Gasteiger partial charge in [-0.3, -0.25) is 4.79 Å². The SMILES string of the molecule is C/C=C/C=C1\C(=O)c2cc(Cl)ccc2N=C1c1ccc(Cl)cc1. The molecule has 2 nitrogen and oxygen atoms in total. The number of nitrogens with zero attached hydrogens (tertiary/aromatic N) is 1. The quantitative estimate of drug-likeness (QED) is 0.633. The van der Waals surface area contributed by atoms with Crippen LogP contribution in [0.5, 0.6) is 0 Å². The normalized spacial score (nSPS) is 15.9. The molecular formula is C19H13Cl2NO. The highest BCUT2D eigenvalue weighted by Crippen LogP contribution is 2.32. The van der Waals surface area contributed by atoms with Gasteiger partial charge >= 0.3 is 0 Å². The topological polar surface area (TPSA) is 29.4 Å². The number of allylic oxidation sites excluding steroid dienone is 4. The van der Waals surface area contributed by atoms with Crippen LogP contribution in [0.15, 0.2) is 71.3 Å². The van der Waals surface area contributed by atoms with Crippen LogP contribution in [0.3, 0.4) is 0 Å². The number of benzene rings is 2. The first-order chi connectivity index (χ1) is 11.1. The summed E-state index contributed by atoms with van der Waals surface area (Å²) >= 11 is 12.0. The molecule has 23 heavy (non-hydrogen) atoms. The van der Waals surface area contributed by atoms with Gasteiger partial charge in [0.1, 0.15) is 0 Å². The second-order valence-corrected chi connectivity index (χ2v) is 5.94. The summed E-state index contributed by atoms with van der Waals surface area (Å²) in [5, 5.41) is 1.16. The first-order valence-electron chi connectivity index (χ1n) is 7.12. The Hall–Kier alpha value is -2.16. The molecule has 0 aliphatic carbocycles. The van der Waals surface area contributed by atoms with Gasteiger partial charge in [-0.2, -0.15) is 0 Å². The number of Topliss-reactive ketones (excluding diaryl/α,β-unsaturated/α-hetero) is 1. The van der Waals surface area contributed by atoms with Crippen LogP contribution in [0.2, 0.25) is 10.0 Å². The highest BCUT2D eigenvalue weighted by Gasteiger charge is 2.26. The van der Waals surface area contributed by atoms with Gasteiger partial charge in [0, 0.05) is 26.7 Å². The Morgan fingerprint density at radius 3 is 2.39 bits per heavy atom. The van der Waals surface area contributed by atoms with Crippen molar-refractivity contribution < 1.29 is 4.79 Å². The van der Waals surface area contributed by atoms with Gasteiger partial charge in [0.2, 0.25) is 0 Å². The van der Waals surface area contributed by atoms with Crippen LogP contribution in [-0.2, 0) is 0 Å². The third kappa shape index (κ3) is 3.14. The van der Waals surface area contributed by atoms with E-state index in [0.717, 1.165) is 5.56 Å². The van der Waals surface area contributed by atoms with Crippen molar-refractivity contribution in [2.75, 3.05) is 0 Å². The smallest absolute Gasteiger partial charge is 0.197 e. The fourth-order valence-corrected chi connectivity index (χ4v) is 2.69. The van der Waals surface area contributed by atoms with Gasteiger partial charge in [0.05, 0.1) is 11.4 Å². The number of hydrogen-bond acceptors (Lipinski definition) is 2. The second-order valence-electron chi connectivity index (χ2n) is 5.06. The molecule has 114 valence electrons. The number of aliphatic imine (C=N–C) groups is 1. The molecule has 0 spiro atoms. The number of carbonyl (C=O) groups is 1. The number of hydrogen-bond donors (Lipinski definition) is 0. The van der Waals surface area contributed by atoms with Crippen molar-refractivity contribution in [3.8, 4) is 0 Å². The molecule has 0 amide bonds. The third-order valence-electron chi connectivity index (χ3n) is 3.51. The molecule has 0 fully saturated rings. The van der Waals surface area contributed by atoms with E-state index in [1.807, 2.05) is 31.2 Å². The zero-order chi connectivity index (χ0) is 16.4. The highest BCUT2D eigenvalue weighted by atomic mass is 35.5. The standard InChI is InChI=1S/C19H13Cl2NO/c1-2-3-4-15-18(12-5-7-13(20)8-6-12)22-17-10-9-14(21)11-16(17)19(15)23/h2-11H,1H3/b3-2+,15-4-. The van der Waals surface area contributed by atoms with Gasteiger partial charge in [-0.1, -0.05) is 47.5 Å². The van der Waals surface area contributed by atoms with Crippen molar-refractivity contribution in [1.82, 2.24) is 0 Å². The van der Waals surface area contributed by atoms with Crippen LogP contribution in [0.1, 0.15) is 22.8 Å². The number of ketones is 1. The maximum Gasteiger partial charge on any atom is 0.197 e. The highest BCUT2D eigenvalue weighted by molar-refractivity contribution is 6.38. The third-order valence-corrected chi connectivity index (χ3v) is 4.00. The molecule has 1 aliphatic heterocycles. The lowest BCUT2D eigenvalue weighted by Gasteiger charge is -2.18. The molecule has 0 atom stereocenters. The molecule has 1 aliphatic rings. The van der Waals surface area contributed by atoms with Gasteiger partial charge in [0.15, 0.2) is 5.78 Å². The van der Waals surface area contributed by atoms with Crippen LogP contribution in [-0.4, -0.2) is 11.5 Å². The van der Waals surface area contributed by atoms with E-state index in [9.17, 15) is 4.79 Å². The van der Waals surface area contributed by atoms with Crippen LogP contribution in [0.4, 0.5) is 5.69 Å². The number of fused-ring (bicyclic) bond motifs is 1. The van der Waals surface area contributed by atoms with Crippen molar-refractivity contribution in [3.63, 3.8) is 0 Å². The molecule has 2 aromatic rings. The van der Waals surface area contributed by atoms with Crippen LogP contribution >= 0.6 is 23.2 Å². The molecule has 4 heteroatoms. The summed E-state index contributed by atoms with van der Waals surface area (Å²) in [6, 6.07) is 12.4. The zero-order valence-corrected chi connectivity index (χ0v) is 13.9. The van der Waals surface area contributed by atoms with Gasteiger partial charge in [-0.25, -0.2) is 4.99 Å². The van der Waals surface area contributed by atoms with Gasteiger partial charge < -0.3 is 0 Å². The fraction of sp³-hybridized carbons (Fsp3) is 0.0526. The monoisotopic (exact) mass is 341 g/mol. The van der Waals surface area contributed by atoms with Crippen LogP contribution in [0.25, 0.3) is 0 Å². The van der Waals surface area contributed by atoms with Crippen molar-refractivity contribution in [3.05, 3.63) is 87.4 Å². The average molecular weight is 342 g/mol. The molecule has 0 unspecified atom stereocenters. The first kappa shape index (κ1) is 15.7. The summed E-state index contributed by atoms with van der Waals surface area (Å²) < 4.78 is 0. The lowest BCUT2D eigenvalue weighted by Crippen LogP contribution is -2.18. The van der Waals surface area contributed by atoms with Crippen LogP contribution in [0, 0.1) is 0 Å². The van der Waals surface area contributed by atoms with E-state index in [2.05, 4.69) is 4.99 Å². The predicted molar refractivity (Wildman–Crippen MR) is 96.3 cm³/mol. The minimum atomic E-state index is -0.0828. The Labute approximate surface area is 144 Å². The Kier molecular flexibility index (Phi) is 4.46. The van der Waals surface area contributed by atoms with E-state index in [1.165, 1.54) is 0 Å². The number of carbonyl (C=O) groups excluding carboxylic acids is 1. The predicted octanol–water partition coefficient (Wildman–Crippen LogP) is 5.81. The van der Waals surface area contributed by atoms with E-state index in [1.54, 1.807) is 36.4 Å². The Bertz CT molecular complexity index is 861. The number of rotatable bonds is 2. The van der Waals surface area contributed by atoms with Crippen LogP contribution < -0.4 is 0 Å². The van der Waals surface area contributed by atoms with Gasteiger partial charge in [0.25, 0.3) is 0 Å². The molecule has 0 bridgehead atoms. The minimum absolute atomic E-state index is 0.0828. The molecule has 0 saturated heterocycles. The van der Waals surface area contributed by atoms with Gasteiger partial charge in [-0.05, 0) is 43.3 Å². The van der Waals surface area contributed by atoms with Crippen molar-refractivity contribution in [2.45, 2.75) is 6.92 Å². The Balaban J connectivity index is 2.22. The molecule has 0 saturated carbocycles. The van der Waals surface area contributed by atoms with Crippen molar-refractivity contribution in [2.24, 2.45) is 4.99 Å². The minimum Gasteiger partial charge on any atom is -0.288 e. The molecule has 0 aromatic heterocycles. The summed E-state index contributed by atoms with van der Waals surface area (Å²) in [6.45, 7) is 1.90. The second kappa shape index (κ2) is 6.53. The number of halogens is 2. The van der Waals surface area contributed by atoms with E-state index < -0.39 is 0 Å². The van der Waals surface area contributed by atoms with E-state index >= 15 is 0 Å². The summed E-state index contributed by atoms with van der Waals surface area (Å²) in [6.07, 6.45) is 5.47. The molecule has 0 N–H and O–H groups in total. The first-order valence-corrected chi connectivity index (χ1v) is 7.88. The van der Waals surface area contributed by atoms with Crippen molar-refractivity contribution in [1.29, 1.82) is 0 Å². The Morgan fingerprint density at radius 2 is 1.70 bits per heavy atom. The molecule has 2 aromatic carbocycles. The van der Waals surface area contributed by atoms with E-state index in [-0.39, 0.29) is 5.78 Å². The molecule has 1 heterocycles. The maximum absolute atomic E-state index is 12.9. The zero-order valence-electron chi connectivity index (χ0n) is 12.4. The summed E-state index contributed by atoms with van der Waals surface area (Å²) in [7, 11) is 0. The Morgan fingerprint density at radius 1 is 1.00 bits per heavy atom. The van der Waals surface area contributed by atoms with E-state index in [0.29, 0.717) is 32.6 Å². The molecule has 0 radical (unpaired) electrons. The lowest BCUT2D eigenvalue weighted by molar-refractivity contribution is 0.104. The summed E-state index contributed by atoms with van der Waals surface area (Å²) in [4.78, 5) is 17.5. The van der Waals surface area contributed by atoms with E-state index in [4.69, 9.17) is 23.2 Å². The van der Waals surface area contributed by atoms with Gasteiger partial charge in [-0.15, -0.1) is 0 Å². The molecular weight excluding hydrogens is 329 g/mol. The summed E-state index contributed by atoms with van der Waals surface area (Å²) in [5.41, 5.74) is 3.17. The maximum atomic E-state index is 12.9. The largest absolute Gasteiger partial charge is 0.288 e. The lowest BCUT2D eigenvalue weighted by atomic mass is 9.90. The average Bonchev–Trinajstić information content (AvgIpc) is 2.55. The molecule has 3 rings (SSSR count).